The summed E-state index contributed by atoms with van der Waals surface area (Å²) in [5, 5.41) is 41.4. The maximum Gasteiger partial charge on any atom is 0.137 e. The Morgan fingerprint density at radius 2 is 1.68 bits per heavy atom. The van der Waals surface area contributed by atoms with Crippen LogP contribution in [0.15, 0.2) is 30.3 Å². The first-order valence-electron chi connectivity index (χ1n) is 7.71. The van der Waals surface area contributed by atoms with Gasteiger partial charge in [0.15, 0.2) is 0 Å². The van der Waals surface area contributed by atoms with E-state index < -0.39 is 37.3 Å². The third kappa shape index (κ3) is 4.49. The van der Waals surface area contributed by atoms with Gasteiger partial charge >= 0.3 is 0 Å². The van der Waals surface area contributed by atoms with Crippen LogP contribution >= 0.6 is 0 Å². The first kappa shape index (κ1) is 17.3. The second-order valence-corrected chi connectivity index (χ2v) is 5.65. The number of unbranched alkanes of at least 4 members (excludes halogenated alkanes) is 1. The Hall–Kier alpha value is -1.02. The molecule has 1 heterocycles. The van der Waals surface area contributed by atoms with Crippen LogP contribution < -0.4 is 5.32 Å². The fourth-order valence-electron chi connectivity index (χ4n) is 2.61. The molecule has 2 rings (SSSR count). The van der Waals surface area contributed by atoms with Crippen molar-refractivity contribution in [1.29, 1.82) is 0 Å². The van der Waals surface area contributed by atoms with Crippen molar-refractivity contribution < 1.29 is 25.2 Å². The molecule has 1 aromatic carbocycles. The molecule has 1 aliphatic heterocycles. The van der Waals surface area contributed by atoms with E-state index in [4.69, 9.17) is 9.84 Å². The minimum atomic E-state index is -1.33. The Bertz CT molecular complexity index is 428. The molecule has 0 saturated carbocycles. The Kier molecular flexibility index (Phi) is 6.75. The van der Waals surface area contributed by atoms with E-state index in [0.717, 1.165) is 19.3 Å². The molecule has 0 bridgehead atoms. The summed E-state index contributed by atoms with van der Waals surface area (Å²) >= 11 is 0. The van der Waals surface area contributed by atoms with E-state index >= 15 is 0 Å². The Morgan fingerprint density at radius 1 is 0.955 bits per heavy atom. The van der Waals surface area contributed by atoms with Crippen molar-refractivity contribution >= 4 is 0 Å². The molecule has 0 spiro atoms. The van der Waals surface area contributed by atoms with Gasteiger partial charge in [-0.2, -0.15) is 0 Å². The number of aryl methyl sites for hydroxylation is 1. The highest BCUT2D eigenvalue weighted by Gasteiger charge is 2.42. The van der Waals surface area contributed by atoms with Crippen LogP contribution in [0.2, 0.25) is 0 Å². The van der Waals surface area contributed by atoms with Gasteiger partial charge in [0.2, 0.25) is 0 Å². The summed E-state index contributed by atoms with van der Waals surface area (Å²) in [6.45, 7) is 0.215. The second-order valence-electron chi connectivity index (χ2n) is 5.65. The van der Waals surface area contributed by atoms with E-state index in [1.165, 1.54) is 5.56 Å². The smallest absolute Gasteiger partial charge is 0.137 e. The molecule has 0 radical (unpaired) electrons. The largest absolute Gasteiger partial charge is 0.394 e. The van der Waals surface area contributed by atoms with Gasteiger partial charge < -0.3 is 25.2 Å². The highest BCUT2D eigenvalue weighted by Crippen LogP contribution is 2.19. The molecule has 1 aliphatic rings. The van der Waals surface area contributed by atoms with Crippen LogP contribution in [0.1, 0.15) is 18.4 Å². The number of ether oxygens (including phenoxy) is 1. The number of hydrogen-bond donors (Lipinski definition) is 5. The van der Waals surface area contributed by atoms with E-state index in [1.54, 1.807) is 0 Å². The maximum absolute atomic E-state index is 9.88. The van der Waals surface area contributed by atoms with Gasteiger partial charge in [-0.05, 0) is 31.4 Å². The van der Waals surface area contributed by atoms with Crippen LogP contribution in [0.4, 0.5) is 0 Å². The predicted molar refractivity (Wildman–Crippen MR) is 81.1 cm³/mol. The van der Waals surface area contributed by atoms with Gasteiger partial charge in [0.25, 0.3) is 0 Å². The SMILES string of the molecule is OC[C@H]1O[C@H](NCCCCc2ccccc2)[C@H](O)[C@@H](O)[C@@H]1O. The van der Waals surface area contributed by atoms with Gasteiger partial charge in [0, 0.05) is 0 Å². The highest BCUT2D eigenvalue weighted by molar-refractivity contribution is 5.14. The van der Waals surface area contributed by atoms with Gasteiger partial charge in [0.1, 0.15) is 30.6 Å². The number of aliphatic hydroxyl groups is 4. The van der Waals surface area contributed by atoms with Crippen LogP contribution in [0, 0.1) is 0 Å². The lowest BCUT2D eigenvalue weighted by Crippen LogP contribution is -2.62. The summed E-state index contributed by atoms with van der Waals surface area (Å²) in [4.78, 5) is 0. The zero-order valence-corrected chi connectivity index (χ0v) is 12.5. The normalized spacial score (nSPS) is 32.1. The van der Waals surface area contributed by atoms with Crippen LogP contribution in [0.25, 0.3) is 0 Å². The van der Waals surface area contributed by atoms with E-state index in [2.05, 4.69) is 17.4 Å². The molecule has 5 atom stereocenters. The molecule has 1 fully saturated rings. The van der Waals surface area contributed by atoms with E-state index in [-0.39, 0.29) is 0 Å². The van der Waals surface area contributed by atoms with Crippen molar-refractivity contribution in [3.05, 3.63) is 35.9 Å². The summed E-state index contributed by atoms with van der Waals surface area (Å²) in [5.41, 5.74) is 1.29. The Balaban J connectivity index is 1.69. The van der Waals surface area contributed by atoms with Crippen LogP contribution in [0.3, 0.4) is 0 Å². The fraction of sp³-hybridized carbons (Fsp3) is 0.625. The number of hydrogen-bond acceptors (Lipinski definition) is 6. The van der Waals surface area contributed by atoms with Gasteiger partial charge in [-0.3, -0.25) is 5.32 Å². The number of aliphatic hydroxyl groups excluding tert-OH is 4. The minimum absolute atomic E-state index is 0.406. The van der Waals surface area contributed by atoms with Crippen LogP contribution in [-0.2, 0) is 11.2 Å². The van der Waals surface area contributed by atoms with Gasteiger partial charge in [-0.25, -0.2) is 0 Å². The molecular weight excluding hydrogens is 286 g/mol. The van der Waals surface area contributed by atoms with Crippen molar-refractivity contribution in [1.82, 2.24) is 5.32 Å². The molecule has 6 nitrogen and oxygen atoms in total. The molecule has 1 aromatic rings. The van der Waals surface area contributed by atoms with Crippen molar-refractivity contribution in [2.75, 3.05) is 13.2 Å². The summed E-state index contributed by atoms with van der Waals surface area (Å²) in [6, 6.07) is 10.2. The third-order valence-electron chi connectivity index (χ3n) is 3.97. The molecule has 6 heteroatoms. The molecule has 0 aliphatic carbocycles. The zero-order valence-electron chi connectivity index (χ0n) is 12.5. The summed E-state index contributed by atoms with van der Waals surface area (Å²) in [6.07, 6.45) is -2.63. The lowest BCUT2D eigenvalue weighted by atomic mass is 9.98. The monoisotopic (exact) mass is 311 g/mol. The quantitative estimate of drug-likeness (QED) is 0.431. The minimum Gasteiger partial charge on any atom is -0.394 e. The standard InChI is InChI=1S/C16H25NO5/c18-10-12-13(19)14(20)15(21)16(22-12)17-9-5-4-8-11-6-2-1-3-7-11/h1-3,6-7,12-21H,4-5,8-10H2/t12-,13-,14+,15-,16+/m1/s1. The first-order chi connectivity index (χ1) is 10.6. The highest BCUT2D eigenvalue weighted by atomic mass is 16.6. The number of rotatable bonds is 7. The molecule has 0 unspecified atom stereocenters. The fourth-order valence-corrected chi connectivity index (χ4v) is 2.61. The molecule has 0 amide bonds. The molecule has 1 saturated heterocycles. The van der Waals surface area contributed by atoms with Gasteiger partial charge in [-0.1, -0.05) is 30.3 Å². The zero-order chi connectivity index (χ0) is 15.9. The summed E-state index contributed by atoms with van der Waals surface area (Å²) < 4.78 is 5.37. The molecule has 22 heavy (non-hydrogen) atoms. The molecule has 124 valence electrons. The van der Waals surface area contributed by atoms with E-state index in [0.29, 0.717) is 6.54 Å². The maximum atomic E-state index is 9.88. The van der Waals surface area contributed by atoms with Gasteiger partial charge in [0.05, 0.1) is 6.61 Å². The average Bonchev–Trinajstić information content (AvgIpc) is 2.55. The Labute approximate surface area is 130 Å². The summed E-state index contributed by atoms with van der Waals surface area (Å²) in [7, 11) is 0. The average molecular weight is 311 g/mol. The number of nitrogens with one attached hydrogen (secondary N) is 1. The predicted octanol–water partition coefficient (Wildman–Crippen LogP) is -0.601. The molecule has 5 N–H and O–H groups in total. The van der Waals surface area contributed by atoms with Crippen molar-refractivity contribution in [2.45, 2.75) is 49.9 Å². The van der Waals surface area contributed by atoms with E-state index in [9.17, 15) is 15.3 Å². The molecular formula is C16H25NO5. The third-order valence-corrected chi connectivity index (χ3v) is 3.97. The van der Waals surface area contributed by atoms with E-state index in [1.807, 2.05) is 18.2 Å². The van der Waals surface area contributed by atoms with Crippen molar-refractivity contribution in [3.63, 3.8) is 0 Å². The first-order valence-corrected chi connectivity index (χ1v) is 7.71. The number of benzene rings is 1. The molecule has 0 aromatic heterocycles. The van der Waals surface area contributed by atoms with Crippen molar-refractivity contribution in [2.24, 2.45) is 0 Å². The lowest BCUT2D eigenvalue weighted by molar-refractivity contribution is -0.236. The topological polar surface area (TPSA) is 102 Å². The Morgan fingerprint density at radius 3 is 2.36 bits per heavy atom. The van der Waals surface area contributed by atoms with Crippen LogP contribution in [0.5, 0.6) is 0 Å². The second kappa shape index (κ2) is 8.57. The van der Waals surface area contributed by atoms with Crippen LogP contribution in [-0.4, -0.2) is 64.2 Å². The summed E-state index contributed by atoms with van der Waals surface area (Å²) in [5.74, 6) is 0. The van der Waals surface area contributed by atoms with Crippen molar-refractivity contribution in [3.8, 4) is 0 Å². The van der Waals surface area contributed by atoms with Gasteiger partial charge in [-0.15, -0.1) is 0 Å². The lowest BCUT2D eigenvalue weighted by Gasteiger charge is -2.40.